The van der Waals surface area contributed by atoms with Crippen molar-refractivity contribution >= 4 is 43.9 Å². The fourth-order valence-corrected chi connectivity index (χ4v) is 8.43. The molecule has 0 spiro atoms. The number of aromatic nitrogens is 3. The highest BCUT2D eigenvalue weighted by Crippen LogP contribution is 2.44. The van der Waals surface area contributed by atoms with E-state index in [1.807, 2.05) is 61.2 Å². The summed E-state index contributed by atoms with van der Waals surface area (Å²) in [4.78, 5) is 28.4. The van der Waals surface area contributed by atoms with Crippen molar-refractivity contribution in [2.45, 2.75) is 62.3 Å². The van der Waals surface area contributed by atoms with Crippen LogP contribution in [-0.2, 0) is 16.3 Å². The van der Waals surface area contributed by atoms with Gasteiger partial charge in [-0.2, -0.15) is 4.98 Å². The van der Waals surface area contributed by atoms with Crippen LogP contribution >= 0.6 is 0 Å². The van der Waals surface area contributed by atoms with Crippen molar-refractivity contribution in [1.29, 1.82) is 0 Å². The van der Waals surface area contributed by atoms with Gasteiger partial charge in [-0.05, 0) is 96.1 Å². The molecule has 0 aliphatic carbocycles. The molecule has 2 aromatic heterocycles. The number of benzene rings is 2. The van der Waals surface area contributed by atoms with Gasteiger partial charge in [-0.1, -0.05) is 18.2 Å². The lowest BCUT2D eigenvalue weighted by molar-refractivity contribution is 0.370. The van der Waals surface area contributed by atoms with E-state index < -0.39 is 20.6 Å². The number of nitrogens with one attached hydrogen (secondary N) is 2. The van der Waals surface area contributed by atoms with E-state index in [2.05, 4.69) is 27.6 Å². The Hall–Kier alpha value is -3.96. The van der Waals surface area contributed by atoms with Crippen LogP contribution in [0.3, 0.4) is 0 Å². The van der Waals surface area contributed by atoms with Gasteiger partial charge < -0.3 is 20.4 Å². The summed E-state index contributed by atoms with van der Waals surface area (Å²) in [5.41, 5.74) is 3.22. The van der Waals surface area contributed by atoms with Gasteiger partial charge in [0.05, 0.1) is 15.7 Å². The van der Waals surface area contributed by atoms with Crippen molar-refractivity contribution in [3.8, 4) is 0 Å². The van der Waals surface area contributed by atoms with E-state index in [4.69, 9.17) is 4.98 Å². The SMILES string of the molecule is CCN(CC)c1cc2cnc(Nc3ccc(NC4CCN(C)C4)cc3)nc2n(C2Cc3ccccc3S(=O)(=O)C2(C)C)c1=O. The Morgan fingerprint density at radius 3 is 2.43 bits per heavy atom. The van der Waals surface area contributed by atoms with Crippen LogP contribution in [0.15, 0.2) is 70.5 Å². The summed E-state index contributed by atoms with van der Waals surface area (Å²) in [6.07, 6.45) is 3.21. The molecule has 0 radical (unpaired) electrons. The number of sulfone groups is 1. The summed E-state index contributed by atoms with van der Waals surface area (Å²) in [7, 11) is -1.63. The van der Waals surface area contributed by atoms with E-state index in [0.29, 0.717) is 58.7 Å². The number of rotatable bonds is 8. The first kappa shape index (κ1) is 30.1. The second-order valence-corrected chi connectivity index (χ2v) is 14.9. The molecule has 2 atom stereocenters. The van der Waals surface area contributed by atoms with E-state index in [1.165, 1.54) is 0 Å². The van der Waals surface area contributed by atoms with Gasteiger partial charge in [0.2, 0.25) is 5.95 Å². The first-order chi connectivity index (χ1) is 21.0. The second-order valence-electron chi connectivity index (χ2n) is 12.4. The van der Waals surface area contributed by atoms with E-state index in [-0.39, 0.29) is 5.56 Å². The van der Waals surface area contributed by atoms with Crippen LogP contribution in [0.25, 0.3) is 11.0 Å². The first-order valence-electron chi connectivity index (χ1n) is 15.4. The predicted octanol–water partition coefficient (Wildman–Crippen LogP) is 4.85. The number of pyridine rings is 1. The number of hydrogen-bond acceptors (Lipinski definition) is 9. The maximum absolute atomic E-state index is 14.4. The number of likely N-dealkylation sites (tertiary alicyclic amines) is 1. The molecule has 0 amide bonds. The highest BCUT2D eigenvalue weighted by Gasteiger charge is 2.49. The monoisotopic (exact) mass is 615 g/mol. The smallest absolute Gasteiger partial charge is 0.276 e. The molecule has 6 rings (SSSR count). The molecule has 1 saturated heterocycles. The van der Waals surface area contributed by atoms with Gasteiger partial charge in [0.25, 0.3) is 5.56 Å². The molecule has 2 aromatic carbocycles. The lowest BCUT2D eigenvalue weighted by Crippen LogP contribution is -2.49. The van der Waals surface area contributed by atoms with E-state index in [0.717, 1.165) is 30.9 Å². The molecule has 0 saturated carbocycles. The second kappa shape index (κ2) is 11.5. The molecule has 4 aromatic rings. The standard InChI is InChI=1S/C33H41N7O3S/c1-6-39(7-2)27-18-23-20-34-32(36-25-14-12-24(13-15-25)35-26-16-17-38(5)21-26)37-30(23)40(31(27)41)29-19-22-10-8-9-11-28(22)44(42,43)33(29,3)4/h8-15,18,20,26,29,35H,6-7,16-17,19,21H2,1-5H3,(H,34,36,37). The Balaban J connectivity index is 1.42. The van der Waals surface area contributed by atoms with Crippen molar-refractivity contribution in [3.05, 3.63) is 76.7 Å². The topological polar surface area (TPSA) is 112 Å². The minimum Gasteiger partial charge on any atom is -0.381 e. The van der Waals surface area contributed by atoms with Crippen LogP contribution in [0.5, 0.6) is 0 Å². The molecule has 232 valence electrons. The highest BCUT2D eigenvalue weighted by molar-refractivity contribution is 7.93. The van der Waals surface area contributed by atoms with Crippen LogP contribution in [0.2, 0.25) is 0 Å². The van der Waals surface area contributed by atoms with Crippen molar-refractivity contribution in [2.75, 3.05) is 48.8 Å². The van der Waals surface area contributed by atoms with Gasteiger partial charge in [0.15, 0.2) is 9.84 Å². The average molecular weight is 616 g/mol. The zero-order chi connectivity index (χ0) is 31.2. The molecule has 0 bridgehead atoms. The molecular formula is C33H41N7O3S. The predicted molar refractivity (Wildman–Crippen MR) is 177 cm³/mol. The highest BCUT2D eigenvalue weighted by atomic mass is 32.2. The van der Waals surface area contributed by atoms with Crippen molar-refractivity contribution < 1.29 is 8.42 Å². The number of likely N-dealkylation sites (N-methyl/N-ethyl adjacent to an activating group) is 1. The Morgan fingerprint density at radius 1 is 1.05 bits per heavy atom. The van der Waals surface area contributed by atoms with Gasteiger partial charge in [-0.15, -0.1) is 0 Å². The zero-order valence-corrected chi connectivity index (χ0v) is 26.9. The maximum Gasteiger partial charge on any atom is 0.276 e. The van der Waals surface area contributed by atoms with E-state index in [9.17, 15) is 13.2 Å². The summed E-state index contributed by atoms with van der Waals surface area (Å²) in [5.74, 6) is 0.330. The summed E-state index contributed by atoms with van der Waals surface area (Å²) in [5, 5.41) is 7.55. The van der Waals surface area contributed by atoms with Gasteiger partial charge in [0, 0.05) is 48.6 Å². The molecule has 2 unspecified atom stereocenters. The van der Waals surface area contributed by atoms with Crippen LogP contribution in [0.4, 0.5) is 23.0 Å². The number of hydrogen-bond donors (Lipinski definition) is 2. The van der Waals surface area contributed by atoms with Crippen molar-refractivity contribution in [3.63, 3.8) is 0 Å². The first-order valence-corrected chi connectivity index (χ1v) is 16.8. The third-order valence-corrected chi connectivity index (χ3v) is 11.9. The molecule has 1 fully saturated rings. The quantitative estimate of drug-likeness (QED) is 0.287. The Morgan fingerprint density at radius 2 is 1.75 bits per heavy atom. The summed E-state index contributed by atoms with van der Waals surface area (Å²) >= 11 is 0. The molecule has 2 N–H and O–H groups in total. The van der Waals surface area contributed by atoms with Crippen LogP contribution in [-0.4, -0.2) is 71.9 Å². The van der Waals surface area contributed by atoms with Gasteiger partial charge in [0.1, 0.15) is 11.3 Å². The lowest BCUT2D eigenvalue weighted by atomic mass is 9.93. The van der Waals surface area contributed by atoms with Gasteiger partial charge >= 0.3 is 0 Å². The third kappa shape index (κ3) is 5.21. The minimum atomic E-state index is -3.76. The van der Waals surface area contributed by atoms with Crippen molar-refractivity contribution in [1.82, 2.24) is 19.4 Å². The van der Waals surface area contributed by atoms with Crippen LogP contribution in [0.1, 0.15) is 45.7 Å². The Bertz CT molecular complexity index is 1850. The molecule has 2 aliphatic rings. The Kier molecular flexibility index (Phi) is 7.87. The van der Waals surface area contributed by atoms with E-state index in [1.54, 1.807) is 36.7 Å². The summed E-state index contributed by atoms with van der Waals surface area (Å²) in [6.45, 7) is 10.8. The fraction of sp³-hybridized carbons (Fsp3) is 0.424. The maximum atomic E-state index is 14.4. The van der Waals surface area contributed by atoms with E-state index >= 15 is 0 Å². The minimum absolute atomic E-state index is 0.258. The molecule has 10 nitrogen and oxygen atoms in total. The van der Waals surface area contributed by atoms with Crippen LogP contribution < -0.4 is 21.1 Å². The number of anilines is 4. The number of nitrogens with zero attached hydrogens (tertiary/aromatic N) is 5. The molecular weight excluding hydrogens is 574 g/mol. The zero-order valence-electron chi connectivity index (χ0n) is 26.0. The molecule has 44 heavy (non-hydrogen) atoms. The molecule has 4 heterocycles. The Labute approximate surface area is 259 Å². The molecule has 2 aliphatic heterocycles. The number of fused-ring (bicyclic) bond motifs is 2. The third-order valence-electron chi connectivity index (χ3n) is 9.24. The van der Waals surface area contributed by atoms with Gasteiger partial charge in [-0.3, -0.25) is 9.36 Å². The molecule has 11 heteroatoms. The average Bonchev–Trinajstić information content (AvgIpc) is 3.42. The van der Waals surface area contributed by atoms with Crippen LogP contribution in [0, 0.1) is 0 Å². The normalized spacial score (nSPS) is 20.8. The summed E-state index contributed by atoms with van der Waals surface area (Å²) in [6, 6.07) is 16.7. The lowest BCUT2D eigenvalue weighted by Gasteiger charge is -2.40. The fourth-order valence-electron chi connectivity index (χ4n) is 6.57. The van der Waals surface area contributed by atoms with Gasteiger partial charge in [-0.25, -0.2) is 13.4 Å². The largest absolute Gasteiger partial charge is 0.381 e. The van der Waals surface area contributed by atoms with Crippen molar-refractivity contribution in [2.24, 2.45) is 0 Å². The summed E-state index contributed by atoms with van der Waals surface area (Å²) < 4.78 is 28.3.